The van der Waals surface area contributed by atoms with Crippen LogP contribution in [0.4, 0.5) is 0 Å². The highest BCUT2D eigenvalue weighted by atomic mass is 127. The van der Waals surface area contributed by atoms with Crippen molar-refractivity contribution in [3.05, 3.63) is 34.9 Å². The highest BCUT2D eigenvalue weighted by molar-refractivity contribution is 14.1. The van der Waals surface area contributed by atoms with Gasteiger partial charge in [0.1, 0.15) is 0 Å². The highest BCUT2D eigenvalue weighted by Crippen LogP contribution is 2.10. The first kappa shape index (κ1) is 11.8. The molecule has 0 fully saturated rings. The summed E-state index contributed by atoms with van der Waals surface area (Å²) < 4.78 is 0.507. The molecule has 0 spiro atoms. The van der Waals surface area contributed by atoms with Gasteiger partial charge in [0, 0.05) is 11.6 Å². The Balaban J connectivity index is 2.35. The van der Waals surface area contributed by atoms with Crippen LogP contribution in [0.5, 0.6) is 0 Å². The van der Waals surface area contributed by atoms with E-state index in [0.717, 1.165) is 17.0 Å². The van der Waals surface area contributed by atoms with E-state index in [1.54, 1.807) is 0 Å². The summed E-state index contributed by atoms with van der Waals surface area (Å²) in [5.41, 5.74) is 1.14. The summed E-state index contributed by atoms with van der Waals surface area (Å²) >= 11 is 7.87. The van der Waals surface area contributed by atoms with Gasteiger partial charge in [-0.1, -0.05) is 46.3 Å². The van der Waals surface area contributed by atoms with E-state index in [-0.39, 0.29) is 5.91 Å². The zero-order chi connectivity index (χ0) is 10.4. The van der Waals surface area contributed by atoms with Crippen molar-refractivity contribution < 1.29 is 4.79 Å². The lowest BCUT2D eigenvalue weighted by Gasteiger charge is -2.03. The zero-order valence-corrected chi connectivity index (χ0v) is 10.5. The monoisotopic (exact) mass is 323 g/mol. The number of alkyl halides is 1. The van der Waals surface area contributed by atoms with Crippen molar-refractivity contribution in [2.45, 2.75) is 6.42 Å². The smallest absolute Gasteiger partial charge is 0.229 e. The Hall–Kier alpha value is -0.290. The van der Waals surface area contributed by atoms with E-state index in [4.69, 9.17) is 11.6 Å². The van der Waals surface area contributed by atoms with E-state index < -0.39 is 0 Å². The van der Waals surface area contributed by atoms with Gasteiger partial charge in [0.2, 0.25) is 5.91 Å². The number of benzene rings is 1. The van der Waals surface area contributed by atoms with E-state index in [2.05, 4.69) is 5.32 Å². The molecule has 0 unspecified atom stereocenters. The molecule has 0 atom stereocenters. The summed E-state index contributed by atoms with van der Waals surface area (Å²) in [4.78, 5) is 10.9. The maximum absolute atomic E-state index is 10.9. The number of amides is 1. The number of rotatable bonds is 4. The summed E-state index contributed by atoms with van der Waals surface area (Å²) in [6, 6.07) is 7.67. The van der Waals surface area contributed by atoms with E-state index in [1.807, 2.05) is 46.9 Å². The molecule has 0 aliphatic carbocycles. The van der Waals surface area contributed by atoms with Crippen molar-refractivity contribution in [1.82, 2.24) is 5.32 Å². The van der Waals surface area contributed by atoms with Crippen molar-refractivity contribution in [2.75, 3.05) is 11.0 Å². The van der Waals surface area contributed by atoms with Gasteiger partial charge >= 0.3 is 0 Å². The lowest BCUT2D eigenvalue weighted by Crippen LogP contribution is -2.26. The molecule has 0 bridgehead atoms. The zero-order valence-electron chi connectivity index (χ0n) is 7.59. The van der Waals surface area contributed by atoms with E-state index in [9.17, 15) is 4.79 Å². The molecule has 14 heavy (non-hydrogen) atoms. The summed E-state index contributed by atoms with van der Waals surface area (Å²) in [5.74, 6) is 0.0765. The van der Waals surface area contributed by atoms with E-state index >= 15 is 0 Å². The fourth-order valence-corrected chi connectivity index (χ4v) is 1.57. The molecule has 4 heteroatoms. The lowest BCUT2D eigenvalue weighted by atomic mass is 10.1. The fraction of sp³-hybridized carbons (Fsp3) is 0.300. The van der Waals surface area contributed by atoms with Gasteiger partial charge in [-0.3, -0.25) is 4.79 Å². The Bertz CT molecular complexity index is 317. The predicted octanol–water partition coefficient (Wildman–Crippen LogP) is 2.43. The van der Waals surface area contributed by atoms with Crippen LogP contribution in [0.25, 0.3) is 0 Å². The van der Waals surface area contributed by atoms with Gasteiger partial charge in [-0.15, -0.1) is 0 Å². The lowest BCUT2D eigenvalue weighted by molar-refractivity contribution is -0.118. The fourth-order valence-electron chi connectivity index (χ4n) is 1.09. The molecule has 1 rings (SSSR count). The molecular weight excluding hydrogens is 312 g/mol. The molecule has 2 nitrogen and oxygen atoms in total. The molecule has 0 aliphatic rings. The molecule has 0 saturated carbocycles. The van der Waals surface area contributed by atoms with Crippen LogP contribution in [-0.2, 0) is 11.2 Å². The average molecular weight is 324 g/mol. The molecule has 1 aromatic carbocycles. The van der Waals surface area contributed by atoms with Gasteiger partial charge in [-0.25, -0.2) is 0 Å². The van der Waals surface area contributed by atoms with Gasteiger partial charge in [0.15, 0.2) is 0 Å². The van der Waals surface area contributed by atoms with E-state index in [1.165, 1.54) is 0 Å². The second-order valence-electron chi connectivity index (χ2n) is 2.86. The van der Waals surface area contributed by atoms with Gasteiger partial charge in [0.25, 0.3) is 0 Å². The predicted molar refractivity (Wildman–Crippen MR) is 67.1 cm³/mol. The Morgan fingerprint density at radius 2 is 2.29 bits per heavy atom. The van der Waals surface area contributed by atoms with Gasteiger partial charge in [0.05, 0.1) is 4.43 Å². The third kappa shape index (κ3) is 4.28. The van der Waals surface area contributed by atoms with Crippen LogP contribution in [0.1, 0.15) is 5.56 Å². The van der Waals surface area contributed by atoms with E-state index in [0.29, 0.717) is 11.0 Å². The number of hydrogen-bond acceptors (Lipinski definition) is 1. The summed E-state index contributed by atoms with van der Waals surface area (Å²) in [6.45, 7) is 0.669. The maximum atomic E-state index is 10.9. The topological polar surface area (TPSA) is 29.1 Å². The molecule has 0 radical (unpaired) electrons. The summed E-state index contributed by atoms with van der Waals surface area (Å²) in [7, 11) is 0. The van der Waals surface area contributed by atoms with Gasteiger partial charge in [-0.2, -0.15) is 0 Å². The Morgan fingerprint density at radius 3 is 2.93 bits per heavy atom. The minimum absolute atomic E-state index is 0.0765. The first-order valence-corrected chi connectivity index (χ1v) is 6.20. The Labute approximate surface area is 102 Å². The summed E-state index contributed by atoms with van der Waals surface area (Å²) in [5, 5.41) is 3.55. The van der Waals surface area contributed by atoms with Crippen LogP contribution in [0.2, 0.25) is 5.02 Å². The molecule has 1 amide bonds. The minimum atomic E-state index is 0.0765. The molecule has 0 aromatic heterocycles. The molecule has 1 aromatic rings. The van der Waals surface area contributed by atoms with Crippen LogP contribution in [0.15, 0.2) is 24.3 Å². The third-order valence-corrected chi connectivity index (χ3v) is 2.67. The first-order valence-electron chi connectivity index (χ1n) is 4.29. The molecule has 0 heterocycles. The van der Waals surface area contributed by atoms with Crippen molar-refractivity contribution >= 4 is 40.1 Å². The normalized spacial score (nSPS) is 9.86. The second-order valence-corrected chi connectivity index (χ2v) is 4.06. The average Bonchev–Trinajstić information content (AvgIpc) is 2.17. The molecule has 0 aliphatic heterocycles. The summed E-state index contributed by atoms with van der Waals surface area (Å²) in [6.07, 6.45) is 0.822. The van der Waals surface area contributed by atoms with Gasteiger partial charge < -0.3 is 5.32 Å². The third-order valence-electron chi connectivity index (χ3n) is 1.75. The van der Waals surface area contributed by atoms with Gasteiger partial charge in [-0.05, 0) is 24.1 Å². The SMILES string of the molecule is O=C(CI)NCCc1cccc(Cl)c1. The number of carbonyl (C=O) groups excluding carboxylic acids is 1. The van der Waals surface area contributed by atoms with Crippen molar-refractivity contribution in [3.63, 3.8) is 0 Å². The number of hydrogen-bond donors (Lipinski definition) is 1. The van der Waals surface area contributed by atoms with Crippen LogP contribution in [0.3, 0.4) is 0 Å². The maximum Gasteiger partial charge on any atom is 0.229 e. The standard InChI is InChI=1S/C10H11ClINO/c11-9-3-1-2-8(6-9)4-5-13-10(14)7-12/h1-3,6H,4-5,7H2,(H,13,14). The van der Waals surface area contributed by atoms with Crippen LogP contribution < -0.4 is 5.32 Å². The Kier molecular flexibility index (Phi) is 5.25. The van der Waals surface area contributed by atoms with Crippen molar-refractivity contribution in [1.29, 1.82) is 0 Å². The molecular formula is C10H11ClINO. The first-order chi connectivity index (χ1) is 6.72. The molecule has 1 N–H and O–H groups in total. The molecule has 0 saturated heterocycles. The van der Waals surface area contributed by atoms with Crippen LogP contribution in [0, 0.1) is 0 Å². The Morgan fingerprint density at radius 1 is 1.50 bits per heavy atom. The second kappa shape index (κ2) is 6.24. The van der Waals surface area contributed by atoms with Crippen molar-refractivity contribution in [2.24, 2.45) is 0 Å². The number of halogens is 2. The van der Waals surface area contributed by atoms with Crippen LogP contribution in [-0.4, -0.2) is 16.9 Å². The number of carbonyl (C=O) groups is 1. The number of nitrogens with one attached hydrogen (secondary N) is 1. The minimum Gasteiger partial charge on any atom is -0.355 e. The largest absolute Gasteiger partial charge is 0.355 e. The van der Waals surface area contributed by atoms with Crippen LogP contribution >= 0.6 is 34.2 Å². The molecule has 76 valence electrons. The highest BCUT2D eigenvalue weighted by Gasteiger charge is 1.97. The van der Waals surface area contributed by atoms with Crippen molar-refractivity contribution in [3.8, 4) is 0 Å². The quantitative estimate of drug-likeness (QED) is 0.669.